The van der Waals surface area contributed by atoms with E-state index in [1.54, 1.807) is 6.92 Å². The average molecular weight is 391 g/mol. The molecular formula is C18H22ClF3N2O2. The van der Waals surface area contributed by atoms with E-state index in [4.69, 9.17) is 16.3 Å². The van der Waals surface area contributed by atoms with E-state index in [2.05, 4.69) is 10.6 Å². The third-order valence-electron chi connectivity index (χ3n) is 5.29. The second-order valence-corrected chi connectivity index (χ2v) is 7.79. The minimum absolute atomic E-state index is 0.0571. The van der Waals surface area contributed by atoms with Crippen LogP contribution in [-0.4, -0.2) is 24.9 Å². The predicted molar refractivity (Wildman–Crippen MR) is 92.4 cm³/mol. The molecule has 2 aliphatic rings. The monoisotopic (exact) mass is 390 g/mol. The van der Waals surface area contributed by atoms with Gasteiger partial charge in [-0.1, -0.05) is 18.0 Å². The Morgan fingerprint density at radius 3 is 2.65 bits per heavy atom. The molecule has 1 atom stereocenters. The fourth-order valence-electron chi connectivity index (χ4n) is 3.78. The van der Waals surface area contributed by atoms with Gasteiger partial charge in [-0.05, 0) is 61.8 Å². The summed E-state index contributed by atoms with van der Waals surface area (Å²) in [5.41, 5.74) is 0.974. The molecule has 26 heavy (non-hydrogen) atoms. The number of alkyl halides is 3. The first-order valence-corrected chi connectivity index (χ1v) is 9.10. The summed E-state index contributed by atoms with van der Waals surface area (Å²) >= 11 is 6.12. The topological polar surface area (TPSA) is 50.4 Å². The van der Waals surface area contributed by atoms with Crippen molar-refractivity contribution in [2.24, 2.45) is 5.41 Å². The van der Waals surface area contributed by atoms with Crippen LogP contribution in [0.1, 0.15) is 50.6 Å². The summed E-state index contributed by atoms with van der Waals surface area (Å²) in [6.45, 7) is 0.350. The fourth-order valence-corrected chi connectivity index (χ4v) is 4.06. The lowest BCUT2D eigenvalue weighted by molar-refractivity contribution is -0.153. The van der Waals surface area contributed by atoms with Crippen LogP contribution in [0.2, 0.25) is 5.02 Å². The second-order valence-electron chi connectivity index (χ2n) is 7.39. The number of benzene rings is 1. The number of ether oxygens (including phenoxy) is 1. The van der Waals surface area contributed by atoms with Gasteiger partial charge in [0.25, 0.3) is 0 Å². The number of hydrogen-bond donors (Lipinski definition) is 2. The molecule has 2 N–H and O–H groups in total. The van der Waals surface area contributed by atoms with E-state index in [9.17, 15) is 18.0 Å². The highest BCUT2D eigenvalue weighted by Crippen LogP contribution is 2.55. The van der Waals surface area contributed by atoms with Gasteiger partial charge in [-0.3, -0.25) is 0 Å². The number of amides is 2. The second kappa shape index (κ2) is 7.18. The molecule has 8 heteroatoms. The normalized spacial score (nSPS) is 20.0. The lowest BCUT2D eigenvalue weighted by atomic mass is 9.54. The molecule has 0 aliphatic heterocycles. The van der Waals surface area contributed by atoms with Gasteiger partial charge in [0.2, 0.25) is 0 Å². The molecule has 2 amide bonds. The molecule has 0 bridgehead atoms. The Morgan fingerprint density at radius 1 is 1.38 bits per heavy atom. The molecule has 1 aromatic rings. The summed E-state index contributed by atoms with van der Waals surface area (Å²) in [5, 5.41) is 6.09. The van der Waals surface area contributed by atoms with Crippen LogP contribution in [0.4, 0.5) is 18.0 Å². The van der Waals surface area contributed by atoms with Gasteiger partial charge in [-0.2, -0.15) is 13.2 Å². The van der Waals surface area contributed by atoms with E-state index >= 15 is 0 Å². The number of halogens is 4. The highest BCUT2D eigenvalue weighted by Gasteiger charge is 2.48. The zero-order valence-electron chi connectivity index (χ0n) is 14.5. The smallest absolute Gasteiger partial charge is 0.422 e. The molecule has 0 saturated heterocycles. The summed E-state index contributed by atoms with van der Waals surface area (Å²) in [4.78, 5) is 12.2. The maximum Gasteiger partial charge on any atom is 0.422 e. The molecule has 0 aromatic heterocycles. The average Bonchev–Trinajstić information content (AvgIpc) is 2.46. The summed E-state index contributed by atoms with van der Waals surface area (Å²) in [6, 6.07) is 3.69. The third-order valence-corrected chi connectivity index (χ3v) is 5.64. The Balaban J connectivity index is 1.53. The van der Waals surface area contributed by atoms with Crippen molar-refractivity contribution in [3.63, 3.8) is 0 Å². The van der Waals surface area contributed by atoms with Crippen molar-refractivity contribution < 1.29 is 22.7 Å². The van der Waals surface area contributed by atoms with Crippen LogP contribution in [0, 0.1) is 5.41 Å². The SMILES string of the molecule is CC(NC(=O)NC1CC2(CCC2)C1)c1cc(OCC(F)(F)F)ccc1Cl. The zero-order chi connectivity index (χ0) is 18.9. The van der Waals surface area contributed by atoms with Gasteiger partial charge in [0.05, 0.1) is 6.04 Å². The number of hydrogen-bond acceptors (Lipinski definition) is 2. The molecule has 3 rings (SSSR count). The Labute approximate surface area is 155 Å². The lowest BCUT2D eigenvalue weighted by Gasteiger charge is -2.54. The molecule has 2 fully saturated rings. The van der Waals surface area contributed by atoms with E-state index < -0.39 is 18.8 Å². The van der Waals surface area contributed by atoms with Crippen molar-refractivity contribution in [1.82, 2.24) is 10.6 Å². The highest BCUT2D eigenvalue weighted by atomic mass is 35.5. The molecule has 2 saturated carbocycles. The van der Waals surface area contributed by atoms with Crippen LogP contribution in [-0.2, 0) is 0 Å². The molecule has 144 valence electrons. The minimum atomic E-state index is -4.41. The van der Waals surface area contributed by atoms with E-state index in [0.717, 1.165) is 12.8 Å². The van der Waals surface area contributed by atoms with Gasteiger partial charge in [0.1, 0.15) is 5.75 Å². The summed E-state index contributed by atoms with van der Waals surface area (Å²) in [7, 11) is 0. The van der Waals surface area contributed by atoms with Gasteiger partial charge in [0.15, 0.2) is 6.61 Å². The van der Waals surface area contributed by atoms with Crippen molar-refractivity contribution in [3.8, 4) is 5.75 Å². The van der Waals surface area contributed by atoms with Gasteiger partial charge >= 0.3 is 12.2 Å². The number of carbonyl (C=O) groups is 1. The van der Waals surface area contributed by atoms with Gasteiger partial charge < -0.3 is 15.4 Å². The minimum Gasteiger partial charge on any atom is -0.484 e. The number of rotatable bonds is 5. The van der Waals surface area contributed by atoms with Crippen molar-refractivity contribution >= 4 is 17.6 Å². The maximum absolute atomic E-state index is 12.3. The molecular weight excluding hydrogens is 369 g/mol. The largest absolute Gasteiger partial charge is 0.484 e. The Kier molecular flexibility index (Phi) is 5.28. The molecule has 0 radical (unpaired) electrons. The molecule has 0 heterocycles. The first-order valence-electron chi connectivity index (χ1n) is 8.72. The van der Waals surface area contributed by atoms with Gasteiger partial charge in [-0.15, -0.1) is 0 Å². The number of carbonyl (C=O) groups excluding carboxylic acids is 1. The van der Waals surface area contributed by atoms with Crippen LogP contribution < -0.4 is 15.4 Å². The number of urea groups is 1. The van der Waals surface area contributed by atoms with E-state index in [-0.39, 0.29) is 17.8 Å². The standard InChI is InChI=1S/C18H22ClF3N2O2/c1-11(23-16(25)24-12-8-17(9-12)5-2-6-17)14-7-13(3-4-15(14)19)26-10-18(20,21)22/h3-4,7,11-12H,2,5-6,8-10H2,1H3,(H2,23,24,25). The summed E-state index contributed by atoms with van der Waals surface area (Å²) < 4.78 is 41.6. The highest BCUT2D eigenvalue weighted by molar-refractivity contribution is 6.31. The zero-order valence-corrected chi connectivity index (χ0v) is 15.2. The lowest BCUT2D eigenvalue weighted by Crippen LogP contribution is -2.55. The first-order chi connectivity index (χ1) is 12.2. The molecule has 4 nitrogen and oxygen atoms in total. The number of nitrogens with one attached hydrogen (secondary N) is 2. The Morgan fingerprint density at radius 2 is 2.08 bits per heavy atom. The van der Waals surface area contributed by atoms with Crippen molar-refractivity contribution in [1.29, 1.82) is 0 Å². The molecule has 1 aromatic carbocycles. The third kappa shape index (κ3) is 4.55. The van der Waals surface area contributed by atoms with Crippen LogP contribution in [0.15, 0.2) is 18.2 Å². The molecule has 1 spiro atoms. The Hall–Kier alpha value is -1.63. The first kappa shape index (κ1) is 19.1. The van der Waals surface area contributed by atoms with Crippen molar-refractivity contribution in [3.05, 3.63) is 28.8 Å². The van der Waals surface area contributed by atoms with E-state index in [1.807, 2.05) is 0 Å². The van der Waals surface area contributed by atoms with Crippen LogP contribution in [0.5, 0.6) is 5.75 Å². The van der Waals surface area contributed by atoms with Crippen molar-refractivity contribution in [2.45, 2.75) is 57.3 Å². The van der Waals surface area contributed by atoms with Gasteiger partial charge in [-0.25, -0.2) is 4.79 Å². The van der Waals surface area contributed by atoms with Crippen molar-refractivity contribution in [2.75, 3.05) is 6.61 Å². The van der Waals surface area contributed by atoms with Crippen LogP contribution >= 0.6 is 11.6 Å². The summed E-state index contributed by atoms with van der Waals surface area (Å²) in [5.74, 6) is 0.0571. The van der Waals surface area contributed by atoms with E-state index in [0.29, 0.717) is 16.0 Å². The predicted octanol–water partition coefficient (Wildman–Crippen LogP) is 4.97. The van der Waals surface area contributed by atoms with Crippen LogP contribution in [0.25, 0.3) is 0 Å². The van der Waals surface area contributed by atoms with Gasteiger partial charge in [0, 0.05) is 11.1 Å². The molecule has 1 unspecified atom stereocenters. The molecule has 2 aliphatic carbocycles. The fraction of sp³-hybridized carbons (Fsp3) is 0.611. The summed E-state index contributed by atoms with van der Waals surface area (Å²) in [6.07, 6.45) is 1.42. The maximum atomic E-state index is 12.3. The Bertz CT molecular complexity index is 669. The van der Waals surface area contributed by atoms with E-state index in [1.165, 1.54) is 37.5 Å². The quantitative estimate of drug-likeness (QED) is 0.745. The van der Waals surface area contributed by atoms with Crippen LogP contribution in [0.3, 0.4) is 0 Å².